The molecular formula is C22H25N3O2S2. The molecule has 1 aromatic heterocycles. The summed E-state index contributed by atoms with van der Waals surface area (Å²) in [7, 11) is 0. The highest BCUT2D eigenvalue weighted by Crippen LogP contribution is 2.36. The Morgan fingerprint density at radius 2 is 2.00 bits per heavy atom. The number of aromatic nitrogens is 1. The van der Waals surface area contributed by atoms with E-state index in [-0.39, 0.29) is 11.5 Å². The first kappa shape index (κ1) is 20.2. The summed E-state index contributed by atoms with van der Waals surface area (Å²) in [6.07, 6.45) is 1.10. The van der Waals surface area contributed by atoms with Crippen molar-refractivity contribution in [1.29, 1.82) is 0 Å². The largest absolute Gasteiger partial charge is 0.356 e. The van der Waals surface area contributed by atoms with Crippen LogP contribution in [-0.4, -0.2) is 38.5 Å². The molecule has 0 spiro atoms. The number of nitrogens with one attached hydrogen (secondary N) is 1. The van der Waals surface area contributed by atoms with Gasteiger partial charge in [0.1, 0.15) is 4.32 Å². The summed E-state index contributed by atoms with van der Waals surface area (Å²) in [5, 5.41) is 2.95. The minimum absolute atomic E-state index is 0.0466. The summed E-state index contributed by atoms with van der Waals surface area (Å²) in [4.78, 5) is 26.7. The van der Waals surface area contributed by atoms with Crippen LogP contribution in [0, 0.1) is 19.8 Å². The molecule has 4 rings (SSSR count). The van der Waals surface area contributed by atoms with E-state index in [4.69, 9.17) is 12.2 Å². The number of thioether (sulfide) groups is 1. The zero-order valence-electron chi connectivity index (χ0n) is 16.7. The molecule has 3 heterocycles. The summed E-state index contributed by atoms with van der Waals surface area (Å²) >= 11 is 7.06. The van der Waals surface area contributed by atoms with E-state index in [2.05, 4.69) is 23.2 Å². The van der Waals surface area contributed by atoms with E-state index in [1.807, 2.05) is 35.8 Å². The standard InChI is InChI=1S/C22H25N3O2S2/c1-14-6-7-18(8-15(14)2)23-20(26)13-29-22(28)24-10-16-9-17(12-24)19-4-3-5-21(27)25(19)11-16/h3-8,16-17H,9-13H2,1-2H3,(H,23,26). The van der Waals surface area contributed by atoms with Crippen molar-refractivity contribution in [1.82, 2.24) is 9.47 Å². The van der Waals surface area contributed by atoms with Gasteiger partial charge in [0.05, 0.1) is 5.75 Å². The number of amides is 1. The molecule has 152 valence electrons. The summed E-state index contributed by atoms with van der Waals surface area (Å²) in [6.45, 7) is 6.50. The Morgan fingerprint density at radius 3 is 2.79 bits per heavy atom. The summed E-state index contributed by atoms with van der Waals surface area (Å²) in [5.74, 6) is 0.992. The van der Waals surface area contributed by atoms with Gasteiger partial charge in [-0.3, -0.25) is 9.59 Å². The van der Waals surface area contributed by atoms with Gasteiger partial charge in [0.2, 0.25) is 5.91 Å². The van der Waals surface area contributed by atoms with Crippen LogP contribution in [0.1, 0.15) is 29.2 Å². The van der Waals surface area contributed by atoms with Crippen LogP contribution >= 0.6 is 24.0 Å². The molecule has 2 unspecified atom stereocenters. The maximum atomic E-state index is 12.3. The number of aryl methyl sites for hydroxylation is 2. The van der Waals surface area contributed by atoms with Crippen molar-refractivity contribution in [3.63, 3.8) is 0 Å². The Bertz CT molecular complexity index is 1020. The molecule has 1 fully saturated rings. The molecule has 2 aromatic rings. The first-order valence-corrected chi connectivity index (χ1v) is 11.3. The number of hydrogen-bond donors (Lipinski definition) is 1. The number of hydrogen-bond acceptors (Lipinski definition) is 4. The van der Waals surface area contributed by atoms with Crippen LogP contribution in [-0.2, 0) is 11.3 Å². The second kappa shape index (κ2) is 8.32. The molecule has 1 N–H and O–H groups in total. The van der Waals surface area contributed by atoms with Gasteiger partial charge in [-0.25, -0.2) is 0 Å². The second-order valence-electron chi connectivity index (χ2n) is 8.00. The number of piperidine rings is 1. The molecule has 0 radical (unpaired) electrons. The lowest BCUT2D eigenvalue weighted by molar-refractivity contribution is -0.113. The predicted octanol–water partition coefficient (Wildman–Crippen LogP) is 3.54. The van der Waals surface area contributed by atoms with Crippen LogP contribution < -0.4 is 10.9 Å². The molecule has 0 saturated carbocycles. The Kier molecular flexibility index (Phi) is 5.79. The molecule has 2 aliphatic heterocycles. The van der Waals surface area contributed by atoms with Gasteiger partial charge in [-0.2, -0.15) is 0 Å². The lowest BCUT2D eigenvalue weighted by Crippen LogP contribution is -2.48. The average molecular weight is 428 g/mol. The van der Waals surface area contributed by atoms with Crippen molar-refractivity contribution < 1.29 is 4.79 Å². The molecule has 2 atom stereocenters. The highest BCUT2D eigenvalue weighted by molar-refractivity contribution is 8.23. The number of thiocarbonyl (C=S) groups is 1. The van der Waals surface area contributed by atoms with Gasteiger partial charge >= 0.3 is 0 Å². The zero-order valence-corrected chi connectivity index (χ0v) is 18.3. The Hall–Kier alpha value is -2.12. The average Bonchev–Trinajstić information content (AvgIpc) is 2.69. The van der Waals surface area contributed by atoms with E-state index >= 15 is 0 Å². The second-order valence-corrected chi connectivity index (χ2v) is 9.61. The molecule has 1 saturated heterocycles. The van der Waals surface area contributed by atoms with Crippen LogP contribution in [0.2, 0.25) is 0 Å². The summed E-state index contributed by atoms with van der Waals surface area (Å²) in [6, 6.07) is 11.5. The maximum absolute atomic E-state index is 12.3. The number of pyridine rings is 1. The van der Waals surface area contributed by atoms with Crippen molar-refractivity contribution >= 4 is 39.9 Å². The minimum Gasteiger partial charge on any atom is -0.356 e. The van der Waals surface area contributed by atoms with Crippen LogP contribution in [0.4, 0.5) is 5.69 Å². The van der Waals surface area contributed by atoms with Crippen LogP contribution in [0.25, 0.3) is 0 Å². The van der Waals surface area contributed by atoms with Gasteiger partial charge in [-0.1, -0.05) is 36.1 Å². The van der Waals surface area contributed by atoms with Gasteiger partial charge in [0, 0.05) is 43.0 Å². The summed E-state index contributed by atoms with van der Waals surface area (Å²) in [5.41, 5.74) is 4.38. The lowest BCUT2D eigenvalue weighted by Gasteiger charge is -2.43. The highest BCUT2D eigenvalue weighted by atomic mass is 32.2. The number of carbonyl (C=O) groups excluding carboxylic acids is 1. The molecule has 1 aromatic carbocycles. The molecule has 1 amide bonds. The number of benzene rings is 1. The molecular weight excluding hydrogens is 402 g/mol. The Balaban J connectivity index is 1.34. The molecule has 5 nitrogen and oxygen atoms in total. The third-order valence-electron chi connectivity index (χ3n) is 5.86. The Morgan fingerprint density at radius 1 is 1.17 bits per heavy atom. The Labute approximate surface area is 180 Å². The van der Waals surface area contributed by atoms with E-state index in [1.165, 1.54) is 17.3 Å². The van der Waals surface area contributed by atoms with Crippen molar-refractivity contribution in [2.24, 2.45) is 5.92 Å². The number of nitrogens with zero attached hydrogens (tertiary/aromatic N) is 2. The van der Waals surface area contributed by atoms with Crippen LogP contribution in [0.5, 0.6) is 0 Å². The fourth-order valence-electron chi connectivity index (χ4n) is 4.28. The van der Waals surface area contributed by atoms with E-state index in [0.29, 0.717) is 17.6 Å². The monoisotopic (exact) mass is 427 g/mol. The summed E-state index contributed by atoms with van der Waals surface area (Å²) < 4.78 is 2.69. The third-order valence-corrected chi connectivity index (χ3v) is 7.38. The topological polar surface area (TPSA) is 54.3 Å². The first-order valence-electron chi connectivity index (χ1n) is 9.89. The number of likely N-dealkylation sites (tertiary alicyclic amines) is 1. The molecule has 29 heavy (non-hydrogen) atoms. The molecule has 7 heteroatoms. The minimum atomic E-state index is -0.0466. The van der Waals surface area contributed by atoms with Gasteiger partial charge in [0.25, 0.3) is 5.56 Å². The van der Waals surface area contributed by atoms with Crippen molar-refractivity contribution in [3.05, 3.63) is 63.6 Å². The maximum Gasteiger partial charge on any atom is 0.250 e. The van der Waals surface area contributed by atoms with E-state index in [1.54, 1.807) is 6.07 Å². The van der Waals surface area contributed by atoms with Gasteiger partial charge in [-0.05, 0) is 55.5 Å². The number of rotatable bonds is 3. The van der Waals surface area contributed by atoms with E-state index < -0.39 is 0 Å². The first-order chi connectivity index (χ1) is 13.9. The predicted molar refractivity (Wildman–Crippen MR) is 123 cm³/mol. The number of anilines is 1. The zero-order chi connectivity index (χ0) is 20.5. The third kappa shape index (κ3) is 4.41. The van der Waals surface area contributed by atoms with Crippen molar-refractivity contribution in [2.45, 2.75) is 32.7 Å². The molecule has 0 aliphatic carbocycles. The SMILES string of the molecule is Cc1ccc(NC(=O)CSC(=S)N2CC3CC(C2)c2cccc(=O)n2C3)cc1C. The fraction of sp³-hybridized carbons (Fsp3) is 0.409. The van der Waals surface area contributed by atoms with Crippen LogP contribution in [0.15, 0.2) is 41.2 Å². The van der Waals surface area contributed by atoms with E-state index in [9.17, 15) is 9.59 Å². The smallest absolute Gasteiger partial charge is 0.250 e. The quantitative estimate of drug-likeness (QED) is 0.760. The van der Waals surface area contributed by atoms with Crippen molar-refractivity contribution in [2.75, 3.05) is 24.2 Å². The number of fused-ring (bicyclic) bond motifs is 4. The number of carbonyl (C=O) groups is 1. The van der Waals surface area contributed by atoms with Gasteiger partial charge < -0.3 is 14.8 Å². The van der Waals surface area contributed by atoms with Crippen LogP contribution in [0.3, 0.4) is 0 Å². The fourth-order valence-corrected chi connectivity index (χ4v) is 5.26. The normalized spacial score (nSPS) is 20.1. The highest BCUT2D eigenvalue weighted by Gasteiger charge is 2.35. The molecule has 2 aliphatic rings. The van der Waals surface area contributed by atoms with Gasteiger partial charge in [-0.15, -0.1) is 0 Å². The molecule has 2 bridgehead atoms. The van der Waals surface area contributed by atoms with Gasteiger partial charge in [0.15, 0.2) is 0 Å². The van der Waals surface area contributed by atoms with E-state index in [0.717, 1.165) is 47.3 Å². The van der Waals surface area contributed by atoms with Crippen molar-refractivity contribution in [3.8, 4) is 0 Å². The lowest BCUT2D eigenvalue weighted by atomic mass is 9.83.